The van der Waals surface area contributed by atoms with Crippen LogP contribution < -0.4 is 5.32 Å². The molecule has 5 heteroatoms. The van der Waals surface area contributed by atoms with E-state index in [-0.39, 0.29) is 0 Å². The average molecular weight is 203 g/mol. The van der Waals surface area contributed by atoms with Crippen molar-refractivity contribution in [2.75, 3.05) is 6.54 Å². The fraction of sp³-hybridized carbons (Fsp3) is 0.778. The van der Waals surface area contributed by atoms with E-state index in [9.17, 15) is 9.59 Å². The zero-order valence-electron chi connectivity index (χ0n) is 8.32. The molecule has 5 nitrogen and oxygen atoms in total. The quantitative estimate of drug-likeness (QED) is 0.399. The van der Waals surface area contributed by atoms with E-state index in [4.69, 9.17) is 10.2 Å². The van der Waals surface area contributed by atoms with Crippen LogP contribution in [0.4, 0.5) is 0 Å². The molecule has 0 bridgehead atoms. The van der Waals surface area contributed by atoms with Crippen molar-refractivity contribution in [1.82, 2.24) is 5.32 Å². The first-order valence-electron chi connectivity index (χ1n) is 4.78. The van der Waals surface area contributed by atoms with Crippen LogP contribution >= 0.6 is 0 Å². The van der Waals surface area contributed by atoms with E-state index in [0.29, 0.717) is 6.54 Å². The molecule has 0 rings (SSSR count). The molecule has 0 saturated carbocycles. The average Bonchev–Trinajstić information content (AvgIpc) is 2.09. The predicted molar refractivity (Wildman–Crippen MR) is 51.2 cm³/mol. The SMILES string of the molecule is CCCCCCNC(C(=O)O)C(=O)O. The Balaban J connectivity index is 3.62. The van der Waals surface area contributed by atoms with Crippen molar-refractivity contribution in [3.05, 3.63) is 0 Å². The molecule has 14 heavy (non-hydrogen) atoms. The molecule has 0 amide bonds. The van der Waals surface area contributed by atoms with Gasteiger partial charge in [0.1, 0.15) is 0 Å². The second kappa shape index (κ2) is 7.32. The highest BCUT2D eigenvalue weighted by atomic mass is 16.4. The molecule has 0 aromatic heterocycles. The molecule has 0 unspecified atom stereocenters. The Morgan fingerprint density at radius 3 is 2.14 bits per heavy atom. The van der Waals surface area contributed by atoms with Crippen LogP contribution in [0.3, 0.4) is 0 Å². The Kier molecular flexibility index (Phi) is 6.74. The van der Waals surface area contributed by atoms with Crippen LogP contribution in [0, 0.1) is 0 Å². The van der Waals surface area contributed by atoms with Gasteiger partial charge in [-0.2, -0.15) is 0 Å². The summed E-state index contributed by atoms with van der Waals surface area (Å²) in [7, 11) is 0. The summed E-state index contributed by atoms with van der Waals surface area (Å²) in [6.07, 6.45) is 3.99. The fourth-order valence-electron chi connectivity index (χ4n) is 1.08. The maximum Gasteiger partial charge on any atom is 0.332 e. The minimum absolute atomic E-state index is 0.434. The molecule has 0 aliphatic carbocycles. The minimum atomic E-state index is -1.48. The molecule has 0 aliphatic rings. The second-order valence-corrected chi connectivity index (χ2v) is 3.12. The Bertz CT molecular complexity index is 179. The van der Waals surface area contributed by atoms with E-state index in [1.807, 2.05) is 0 Å². The zero-order chi connectivity index (χ0) is 11.0. The van der Waals surface area contributed by atoms with Crippen molar-refractivity contribution in [2.24, 2.45) is 0 Å². The lowest BCUT2D eigenvalue weighted by atomic mass is 10.2. The first-order valence-corrected chi connectivity index (χ1v) is 4.78. The smallest absolute Gasteiger partial charge is 0.332 e. The van der Waals surface area contributed by atoms with Gasteiger partial charge in [-0.15, -0.1) is 0 Å². The van der Waals surface area contributed by atoms with Gasteiger partial charge in [0.2, 0.25) is 6.04 Å². The summed E-state index contributed by atoms with van der Waals surface area (Å²) in [6, 6.07) is -1.48. The van der Waals surface area contributed by atoms with Gasteiger partial charge in [-0.1, -0.05) is 26.2 Å². The second-order valence-electron chi connectivity index (χ2n) is 3.12. The largest absolute Gasteiger partial charge is 0.480 e. The van der Waals surface area contributed by atoms with Gasteiger partial charge in [0, 0.05) is 0 Å². The minimum Gasteiger partial charge on any atom is -0.480 e. The molecule has 0 heterocycles. The molecule has 0 atom stereocenters. The highest BCUT2D eigenvalue weighted by Crippen LogP contribution is 1.97. The number of carboxylic acid groups (broad SMARTS) is 2. The lowest BCUT2D eigenvalue weighted by molar-refractivity contribution is -0.151. The first-order chi connectivity index (χ1) is 6.59. The number of carboxylic acids is 2. The van der Waals surface area contributed by atoms with Gasteiger partial charge in [-0.25, -0.2) is 9.59 Å². The maximum absolute atomic E-state index is 10.4. The molecule has 0 aliphatic heterocycles. The van der Waals surface area contributed by atoms with Crippen molar-refractivity contribution in [2.45, 2.75) is 38.6 Å². The van der Waals surface area contributed by atoms with Crippen LogP contribution in [-0.2, 0) is 9.59 Å². The molecule has 3 N–H and O–H groups in total. The van der Waals surface area contributed by atoms with Gasteiger partial charge >= 0.3 is 11.9 Å². The monoisotopic (exact) mass is 203 g/mol. The number of unbranched alkanes of at least 4 members (excludes halogenated alkanes) is 3. The highest BCUT2D eigenvalue weighted by molar-refractivity contribution is 5.97. The highest BCUT2D eigenvalue weighted by Gasteiger charge is 2.24. The van der Waals surface area contributed by atoms with Crippen LogP contribution in [0.1, 0.15) is 32.6 Å². The third kappa shape index (κ3) is 5.53. The summed E-state index contributed by atoms with van der Waals surface area (Å²) in [4.78, 5) is 20.8. The summed E-state index contributed by atoms with van der Waals surface area (Å²) in [5.41, 5.74) is 0. The van der Waals surface area contributed by atoms with Gasteiger partial charge in [0.05, 0.1) is 0 Å². The summed E-state index contributed by atoms with van der Waals surface area (Å²) in [5, 5.41) is 19.5. The zero-order valence-corrected chi connectivity index (χ0v) is 8.32. The Hall–Kier alpha value is -1.10. The van der Waals surface area contributed by atoms with Crippen molar-refractivity contribution in [3.8, 4) is 0 Å². The van der Waals surface area contributed by atoms with Gasteiger partial charge in [-0.3, -0.25) is 5.32 Å². The Labute approximate surface area is 83.1 Å². The van der Waals surface area contributed by atoms with Crippen molar-refractivity contribution in [3.63, 3.8) is 0 Å². The van der Waals surface area contributed by atoms with E-state index >= 15 is 0 Å². The normalized spacial score (nSPS) is 10.4. The van der Waals surface area contributed by atoms with Gasteiger partial charge < -0.3 is 10.2 Å². The van der Waals surface area contributed by atoms with E-state index < -0.39 is 18.0 Å². The number of hydrogen-bond donors (Lipinski definition) is 3. The molecule has 0 spiro atoms. The summed E-state index contributed by atoms with van der Waals surface area (Å²) in [5.74, 6) is -2.68. The lowest BCUT2D eigenvalue weighted by Gasteiger charge is -2.08. The number of carbonyl (C=O) groups is 2. The maximum atomic E-state index is 10.4. The summed E-state index contributed by atoms with van der Waals surface area (Å²) < 4.78 is 0. The van der Waals surface area contributed by atoms with Gasteiger partial charge in [0.15, 0.2) is 0 Å². The van der Waals surface area contributed by atoms with Crippen molar-refractivity contribution in [1.29, 1.82) is 0 Å². The van der Waals surface area contributed by atoms with E-state index in [1.165, 1.54) is 0 Å². The molecule has 0 saturated heterocycles. The molecule has 82 valence electrons. The fourth-order valence-corrected chi connectivity index (χ4v) is 1.08. The summed E-state index contributed by atoms with van der Waals surface area (Å²) >= 11 is 0. The molecule has 0 aromatic carbocycles. The molecular weight excluding hydrogens is 186 g/mol. The summed E-state index contributed by atoms with van der Waals surface area (Å²) in [6.45, 7) is 2.51. The topological polar surface area (TPSA) is 86.6 Å². The van der Waals surface area contributed by atoms with Crippen LogP contribution in [0.5, 0.6) is 0 Å². The van der Waals surface area contributed by atoms with Crippen molar-refractivity contribution < 1.29 is 19.8 Å². The van der Waals surface area contributed by atoms with Crippen molar-refractivity contribution >= 4 is 11.9 Å². The van der Waals surface area contributed by atoms with E-state index in [1.54, 1.807) is 0 Å². The lowest BCUT2D eigenvalue weighted by Crippen LogP contribution is -2.43. The standard InChI is InChI=1S/C9H17NO4/c1-2-3-4-5-6-10-7(8(11)12)9(13)14/h7,10H,2-6H2,1H3,(H,11,12)(H,13,14). The molecule has 0 fully saturated rings. The number of rotatable bonds is 8. The first kappa shape index (κ1) is 12.9. The molecule has 0 radical (unpaired) electrons. The molecular formula is C9H17NO4. The Morgan fingerprint density at radius 1 is 1.14 bits per heavy atom. The van der Waals surface area contributed by atoms with Crippen LogP contribution in [0.25, 0.3) is 0 Å². The molecule has 0 aromatic rings. The van der Waals surface area contributed by atoms with Crippen LogP contribution in [-0.4, -0.2) is 34.7 Å². The third-order valence-electron chi connectivity index (χ3n) is 1.87. The number of aliphatic carboxylic acids is 2. The van der Waals surface area contributed by atoms with E-state index in [2.05, 4.69) is 12.2 Å². The van der Waals surface area contributed by atoms with Gasteiger partial charge in [0.25, 0.3) is 0 Å². The van der Waals surface area contributed by atoms with Gasteiger partial charge in [-0.05, 0) is 13.0 Å². The van der Waals surface area contributed by atoms with E-state index in [0.717, 1.165) is 25.7 Å². The Morgan fingerprint density at radius 2 is 1.71 bits per heavy atom. The third-order valence-corrected chi connectivity index (χ3v) is 1.87. The number of nitrogens with one attached hydrogen (secondary N) is 1. The van der Waals surface area contributed by atoms with Crippen LogP contribution in [0.2, 0.25) is 0 Å². The predicted octanol–water partition coefficient (Wildman–Crippen LogP) is 0.694. The van der Waals surface area contributed by atoms with Crippen LogP contribution in [0.15, 0.2) is 0 Å². The number of hydrogen-bond acceptors (Lipinski definition) is 3.